The van der Waals surface area contributed by atoms with Gasteiger partial charge in [0.05, 0.1) is 17.5 Å². The van der Waals surface area contributed by atoms with Crippen molar-refractivity contribution in [1.82, 2.24) is 0 Å². The van der Waals surface area contributed by atoms with Gasteiger partial charge in [-0.15, -0.1) is 6.07 Å². The molecule has 86 valence electrons. The maximum absolute atomic E-state index is 12.4. The summed E-state index contributed by atoms with van der Waals surface area (Å²) in [6.45, 7) is 0. The van der Waals surface area contributed by atoms with Gasteiger partial charge in [-0.2, -0.15) is 13.2 Å². The second kappa shape index (κ2) is 5.82. The molecule has 0 aliphatic carbocycles. The van der Waals surface area contributed by atoms with Crippen molar-refractivity contribution in [2.75, 3.05) is 0 Å². The molecule has 1 aromatic rings. The summed E-state index contributed by atoms with van der Waals surface area (Å²) >= 11 is 0.847. The van der Waals surface area contributed by atoms with Gasteiger partial charge >= 0.3 is 33.2 Å². The predicted molar refractivity (Wildman–Crippen MR) is 36.0 cm³/mol. The zero-order valence-corrected chi connectivity index (χ0v) is 11.0. The number of alkyl halides is 3. The van der Waals surface area contributed by atoms with Gasteiger partial charge in [-0.3, -0.25) is 4.39 Å². The van der Waals surface area contributed by atoms with E-state index in [0.29, 0.717) is 0 Å². The average Bonchev–Trinajstić information content (AvgIpc) is 2.15. The van der Waals surface area contributed by atoms with Gasteiger partial charge in [0.25, 0.3) is 0 Å². The van der Waals surface area contributed by atoms with Crippen molar-refractivity contribution in [3.8, 4) is 0 Å². The summed E-state index contributed by atoms with van der Waals surface area (Å²) < 4.78 is 84.7. The fourth-order valence-electron chi connectivity index (χ4n) is 0.765. The van der Waals surface area contributed by atoms with Crippen molar-refractivity contribution in [2.24, 2.45) is 0 Å². The van der Waals surface area contributed by atoms with Crippen molar-refractivity contribution >= 4 is 9.69 Å². The molecule has 0 atom stereocenters. The van der Waals surface area contributed by atoms with Crippen LogP contribution in [0.3, 0.4) is 0 Å². The van der Waals surface area contributed by atoms with Crippen molar-refractivity contribution < 1.29 is 48.0 Å². The van der Waals surface area contributed by atoms with Gasteiger partial charge < -0.3 is 0 Å². The van der Waals surface area contributed by atoms with Crippen LogP contribution >= 0.6 is 9.69 Å². The first-order valence-corrected chi connectivity index (χ1v) is 7.24. The number of benzene rings is 1. The first-order chi connectivity index (χ1) is 7.25. The Kier molecular flexibility index (Phi) is 5.69. The fraction of sp³-hybridized carbons (Fsp3) is 0.143. The Balaban J connectivity index is 0.00000106. The molecule has 0 aromatic heterocycles. The zero-order chi connectivity index (χ0) is 13.1. The Labute approximate surface area is 99.1 Å². The Morgan fingerprint density at radius 2 is 1.31 bits per heavy atom. The Morgan fingerprint density at radius 1 is 0.875 bits per heavy atom. The molecule has 0 saturated heterocycles. The molecule has 0 amide bonds. The summed E-state index contributed by atoms with van der Waals surface area (Å²) in [4.78, 5) is 0. The molecule has 0 unspecified atom stereocenters. The van der Waals surface area contributed by atoms with Gasteiger partial charge in [-0.05, 0) is 0 Å². The third-order valence-electron chi connectivity index (χ3n) is 1.33. The van der Waals surface area contributed by atoms with Crippen LogP contribution in [0.2, 0.25) is 0 Å². The van der Waals surface area contributed by atoms with Gasteiger partial charge in [0, 0.05) is 11.4 Å². The van der Waals surface area contributed by atoms with Crippen LogP contribution in [0, 0.1) is 29.3 Å². The van der Waals surface area contributed by atoms with Crippen LogP contribution in [0.5, 0.6) is 0 Å². The second-order valence-electron chi connectivity index (χ2n) is 2.25. The fourth-order valence-corrected chi connectivity index (χ4v) is 0.765. The summed E-state index contributed by atoms with van der Waals surface area (Å²) in [6.07, 6.45) is -5.43. The summed E-state index contributed by atoms with van der Waals surface area (Å²) in [7, 11) is 4.76. The Bertz CT molecular complexity index is 376. The molecule has 0 aliphatic heterocycles. The number of hydrogen-bond donors (Lipinski definition) is 0. The van der Waals surface area contributed by atoms with Crippen LogP contribution in [0.25, 0.3) is 0 Å². The maximum atomic E-state index is 12.4. The van der Waals surface area contributed by atoms with Gasteiger partial charge in [-0.25, -0.2) is 13.2 Å². The first kappa shape index (κ1) is 15.6. The van der Waals surface area contributed by atoms with E-state index in [1.165, 1.54) is 0 Å². The molecule has 1 aromatic carbocycles. The molecule has 1 rings (SSSR count). The van der Waals surface area contributed by atoms with E-state index in [4.69, 9.17) is 9.69 Å². The van der Waals surface area contributed by atoms with Crippen LogP contribution in [-0.2, 0) is 23.5 Å². The molecule has 0 nitrogen and oxygen atoms in total. The molecule has 9 heteroatoms. The van der Waals surface area contributed by atoms with E-state index < -0.39 is 35.0 Å². The SMILES string of the molecule is Fc1[c-]c(F)c(C(F)(F)F)c(F)c1F.[Cl][Zn+]. The van der Waals surface area contributed by atoms with Crippen LogP contribution in [0.4, 0.5) is 30.7 Å². The normalized spacial score (nSPS) is 10.9. The van der Waals surface area contributed by atoms with Crippen LogP contribution in [0.1, 0.15) is 5.56 Å². The van der Waals surface area contributed by atoms with Crippen molar-refractivity contribution in [3.05, 3.63) is 34.9 Å². The quantitative estimate of drug-likeness (QED) is 0.225. The molecule has 0 N–H and O–H groups in total. The monoisotopic (exact) mass is 316 g/mol. The summed E-state index contributed by atoms with van der Waals surface area (Å²) in [5.74, 6) is -9.45. The second-order valence-corrected chi connectivity index (χ2v) is 2.25. The van der Waals surface area contributed by atoms with Crippen molar-refractivity contribution in [2.45, 2.75) is 6.18 Å². The molecule has 0 fully saturated rings. The molecule has 0 saturated carbocycles. The summed E-state index contributed by atoms with van der Waals surface area (Å²) in [5.41, 5.74) is -2.49. The van der Waals surface area contributed by atoms with Gasteiger partial charge in [0.2, 0.25) is 0 Å². The Hall–Kier alpha value is -0.357. The Morgan fingerprint density at radius 3 is 1.69 bits per heavy atom. The number of halogens is 8. The average molecular weight is 318 g/mol. The minimum atomic E-state index is -5.43. The van der Waals surface area contributed by atoms with Gasteiger partial charge in [-0.1, -0.05) is 0 Å². The van der Waals surface area contributed by atoms with E-state index in [9.17, 15) is 30.7 Å². The van der Waals surface area contributed by atoms with Crippen LogP contribution in [-0.4, -0.2) is 0 Å². The molecule has 0 radical (unpaired) electrons. The standard InChI is InChI=1S/C7F7.ClH.Zn/c8-2-1-3(9)5(10)6(11)4(2)7(12,13)14;;/h;1H;/q-1;;+2/p-1. The molecule has 0 bridgehead atoms. The van der Waals surface area contributed by atoms with Crippen LogP contribution < -0.4 is 0 Å². The zero-order valence-electron chi connectivity index (χ0n) is 7.23. The molecule has 16 heavy (non-hydrogen) atoms. The molecular formula is C7ClF7Zn. The van der Waals surface area contributed by atoms with E-state index in [-0.39, 0.29) is 0 Å². The van der Waals surface area contributed by atoms with E-state index in [0.717, 1.165) is 23.4 Å². The van der Waals surface area contributed by atoms with Gasteiger partial charge in [0.1, 0.15) is 0 Å². The molecule has 0 aliphatic rings. The van der Waals surface area contributed by atoms with Gasteiger partial charge in [0.15, 0.2) is 0 Å². The number of hydrogen-bond acceptors (Lipinski definition) is 0. The summed E-state index contributed by atoms with van der Waals surface area (Å²) in [5, 5.41) is 0. The van der Waals surface area contributed by atoms with Crippen molar-refractivity contribution in [3.63, 3.8) is 0 Å². The van der Waals surface area contributed by atoms with E-state index >= 15 is 0 Å². The van der Waals surface area contributed by atoms with E-state index in [1.54, 1.807) is 0 Å². The third kappa shape index (κ3) is 3.32. The topological polar surface area (TPSA) is 0 Å². The third-order valence-corrected chi connectivity index (χ3v) is 1.33. The van der Waals surface area contributed by atoms with Crippen molar-refractivity contribution in [1.29, 1.82) is 0 Å². The predicted octanol–water partition coefficient (Wildman–Crippen LogP) is 3.75. The van der Waals surface area contributed by atoms with Crippen LogP contribution in [0.15, 0.2) is 0 Å². The molecular weight excluding hydrogens is 318 g/mol. The first-order valence-electron chi connectivity index (χ1n) is 3.34. The van der Waals surface area contributed by atoms with E-state index in [1.807, 2.05) is 0 Å². The molecule has 0 spiro atoms. The number of rotatable bonds is 0. The van der Waals surface area contributed by atoms with E-state index in [2.05, 4.69) is 0 Å². The summed E-state index contributed by atoms with van der Waals surface area (Å²) in [6, 6.07) is 0.786. The minimum absolute atomic E-state index is 0.786. The molecule has 0 heterocycles.